The number of halogens is 3. The molecule has 30 heavy (non-hydrogen) atoms. The molecule has 2 bridgehead atoms. The Labute approximate surface area is 174 Å². The van der Waals surface area contributed by atoms with Crippen LogP contribution in [0.15, 0.2) is 29.4 Å². The molecule has 4 atom stereocenters. The molecule has 0 aliphatic carbocycles. The van der Waals surface area contributed by atoms with Gasteiger partial charge >= 0.3 is 6.18 Å². The highest BCUT2D eigenvalue weighted by Crippen LogP contribution is 2.40. The number of methoxy groups -OCH3 is 2. The Kier molecular flexibility index (Phi) is 5.80. The van der Waals surface area contributed by atoms with Crippen molar-refractivity contribution in [3.63, 3.8) is 0 Å². The number of hydrogen-bond acceptors (Lipinski definition) is 8. The molecule has 2 aliphatic rings. The van der Waals surface area contributed by atoms with E-state index in [-0.39, 0.29) is 28.8 Å². The molecule has 4 rings (SSSR count). The molecule has 0 unspecified atom stereocenters. The predicted octanol–water partition coefficient (Wildman–Crippen LogP) is 3.15. The molecule has 7 nitrogen and oxygen atoms in total. The van der Waals surface area contributed by atoms with Gasteiger partial charge in [0, 0.05) is 10.8 Å². The smallest absolute Gasteiger partial charge is 0.433 e. The van der Waals surface area contributed by atoms with Crippen LogP contribution >= 0.6 is 11.8 Å². The van der Waals surface area contributed by atoms with Crippen molar-refractivity contribution in [2.24, 2.45) is 0 Å². The number of fused-ring (bicyclic) bond motifs is 2. The average molecular weight is 444 g/mol. The van der Waals surface area contributed by atoms with Gasteiger partial charge in [-0.25, -0.2) is 9.97 Å². The van der Waals surface area contributed by atoms with Gasteiger partial charge < -0.3 is 24.1 Å². The van der Waals surface area contributed by atoms with Gasteiger partial charge in [0.1, 0.15) is 11.8 Å². The first kappa shape index (κ1) is 21.2. The first-order valence-corrected chi connectivity index (χ1v) is 9.97. The van der Waals surface area contributed by atoms with Gasteiger partial charge in [-0.2, -0.15) is 13.2 Å². The van der Waals surface area contributed by atoms with E-state index in [0.717, 1.165) is 17.8 Å². The number of aromatic nitrogens is 2. The van der Waals surface area contributed by atoms with Gasteiger partial charge in [0.15, 0.2) is 22.9 Å². The van der Waals surface area contributed by atoms with E-state index >= 15 is 0 Å². The quantitative estimate of drug-likeness (QED) is 0.705. The van der Waals surface area contributed by atoms with Gasteiger partial charge in [-0.15, -0.1) is 0 Å². The Hall–Kier alpha value is -2.08. The number of rotatable bonds is 5. The van der Waals surface area contributed by atoms with Gasteiger partial charge in [-0.05, 0) is 30.7 Å². The summed E-state index contributed by atoms with van der Waals surface area (Å²) in [5, 5.41) is 9.67. The zero-order chi connectivity index (χ0) is 21.5. The molecule has 3 heterocycles. The largest absolute Gasteiger partial charge is 0.493 e. The summed E-state index contributed by atoms with van der Waals surface area (Å²) in [4.78, 5) is 8.03. The number of alkyl halides is 3. The SMILES string of the molecule is COc1ccc(-c2cc(C(F)(F)F)nc(S[C@H]3C[C@@H](O)[C@H]4OC[C@H]3O4)n2)cc1OC. The number of benzene rings is 1. The molecule has 1 aromatic heterocycles. The maximum absolute atomic E-state index is 13.5. The summed E-state index contributed by atoms with van der Waals surface area (Å²) in [6, 6.07) is 5.64. The standard InChI is InChI=1S/C19H19F3N2O5S/c1-26-12-4-3-9(5-13(12)27-2)10-6-16(19(20,21)22)24-18(23-10)30-15-7-11(25)17-28-8-14(15)29-17/h3-6,11,14-15,17,25H,7-8H2,1-2H3/t11-,14-,15+,17+/m1/s1. The Balaban J connectivity index is 1.70. The number of thioether (sulfide) groups is 1. The van der Waals surface area contributed by atoms with E-state index in [2.05, 4.69) is 9.97 Å². The lowest BCUT2D eigenvalue weighted by molar-refractivity contribution is -0.150. The molecule has 2 aliphatic heterocycles. The molecule has 2 saturated heterocycles. The molecule has 0 saturated carbocycles. The van der Waals surface area contributed by atoms with Gasteiger partial charge in [0.05, 0.1) is 32.6 Å². The summed E-state index contributed by atoms with van der Waals surface area (Å²) < 4.78 is 61.8. The van der Waals surface area contributed by atoms with Crippen LogP contribution in [0.25, 0.3) is 11.3 Å². The minimum absolute atomic E-state index is 0.0549. The lowest BCUT2D eigenvalue weighted by atomic mass is 10.1. The highest BCUT2D eigenvalue weighted by molar-refractivity contribution is 7.99. The van der Waals surface area contributed by atoms with E-state index in [1.54, 1.807) is 18.2 Å². The van der Waals surface area contributed by atoms with E-state index in [4.69, 9.17) is 18.9 Å². The normalized spacial score (nSPS) is 25.9. The fourth-order valence-corrected chi connectivity index (χ4v) is 4.52. The third-order valence-corrected chi connectivity index (χ3v) is 6.06. The van der Waals surface area contributed by atoms with E-state index in [0.29, 0.717) is 23.5 Å². The molecule has 0 amide bonds. The minimum Gasteiger partial charge on any atom is -0.493 e. The van der Waals surface area contributed by atoms with E-state index in [9.17, 15) is 18.3 Å². The van der Waals surface area contributed by atoms with E-state index in [1.165, 1.54) is 14.2 Å². The second-order valence-electron chi connectivity index (χ2n) is 6.82. The molecule has 2 fully saturated rings. The van der Waals surface area contributed by atoms with Crippen molar-refractivity contribution >= 4 is 11.8 Å². The zero-order valence-corrected chi connectivity index (χ0v) is 16.9. The van der Waals surface area contributed by atoms with Crippen molar-refractivity contribution in [1.82, 2.24) is 9.97 Å². The molecule has 162 valence electrons. The molecule has 2 aromatic rings. The first-order valence-electron chi connectivity index (χ1n) is 9.09. The predicted molar refractivity (Wildman–Crippen MR) is 100 cm³/mol. The van der Waals surface area contributed by atoms with Crippen molar-refractivity contribution in [3.05, 3.63) is 30.0 Å². The van der Waals surface area contributed by atoms with Crippen LogP contribution in [0.4, 0.5) is 13.2 Å². The number of aliphatic hydroxyl groups excluding tert-OH is 1. The minimum atomic E-state index is -4.65. The fraction of sp³-hybridized carbons (Fsp3) is 0.474. The number of ether oxygens (including phenoxy) is 4. The molecule has 1 aromatic carbocycles. The summed E-state index contributed by atoms with van der Waals surface area (Å²) in [6.07, 6.45) is -6.21. The second-order valence-corrected chi connectivity index (χ2v) is 8.03. The van der Waals surface area contributed by atoms with Gasteiger partial charge in [-0.1, -0.05) is 11.8 Å². The highest BCUT2D eigenvalue weighted by atomic mass is 32.2. The van der Waals surface area contributed by atoms with E-state index < -0.39 is 24.3 Å². The van der Waals surface area contributed by atoms with Crippen LogP contribution in [0.5, 0.6) is 11.5 Å². The summed E-state index contributed by atoms with van der Waals surface area (Å²) in [5.74, 6) is 0.819. The maximum atomic E-state index is 13.5. The summed E-state index contributed by atoms with van der Waals surface area (Å²) in [5.41, 5.74) is -0.534. The zero-order valence-electron chi connectivity index (χ0n) is 16.0. The fourth-order valence-electron chi connectivity index (χ4n) is 3.36. The topological polar surface area (TPSA) is 82.9 Å². The average Bonchev–Trinajstić information content (AvgIpc) is 3.17. The van der Waals surface area contributed by atoms with Crippen LogP contribution in [-0.2, 0) is 15.7 Å². The first-order chi connectivity index (χ1) is 14.3. The summed E-state index contributed by atoms with van der Waals surface area (Å²) in [6.45, 7) is 0.265. The van der Waals surface area contributed by atoms with Crippen molar-refractivity contribution in [2.75, 3.05) is 20.8 Å². The van der Waals surface area contributed by atoms with Crippen LogP contribution in [0, 0.1) is 0 Å². The number of hydrogen-bond donors (Lipinski definition) is 1. The molecule has 1 N–H and O–H groups in total. The van der Waals surface area contributed by atoms with E-state index in [1.807, 2.05) is 0 Å². The van der Waals surface area contributed by atoms with Crippen LogP contribution < -0.4 is 9.47 Å². The second kappa shape index (κ2) is 8.22. The van der Waals surface area contributed by atoms with Gasteiger partial charge in [0.2, 0.25) is 0 Å². The van der Waals surface area contributed by atoms with Crippen LogP contribution in [0.3, 0.4) is 0 Å². The molecule has 0 spiro atoms. The van der Waals surface area contributed by atoms with Crippen molar-refractivity contribution in [2.45, 2.75) is 41.5 Å². The Morgan fingerprint density at radius 3 is 2.60 bits per heavy atom. The highest BCUT2D eigenvalue weighted by Gasteiger charge is 2.44. The summed E-state index contributed by atoms with van der Waals surface area (Å²) in [7, 11) is 2.91. The summed E-state index contributed by atoms with van der Waals surface area (Å²) >= 11 is 1.04. The molecular weight excluding hydrogens is 425 g/mol. The van der Waals surface area contributed by atoms with Gasteiger partial charge in [-0.3, -0.25) is 0 Å². The third-order valence-electron chi connectivity index (χ3n) is 4.87. The number of nitrogens with zero attached hydrogens (tertiary/aromatic N) is 2. The molecule has 11 heteroatoms. The van der Waals surface area contributed by atoms with Crippen molar-refractivity contribution in [3.8, 4) is 22.8 Å². The Morgan fingerprint density at radius 2 is 1.90 bits per heavy atom. The maximum Gasteiger partial charge on any atom is 0.433 e. The lowest BCUT2D eigenvalue weighted by Crippen LogP contribution is -2.40. The van der Waals surface area contributed by atoms with Crippen LogP contribution in [-0.4, -0.2) is 59.6 Å². The van der Waals surface area contributed by atoms with Gasteiger partial charge in [0.25, 0.3) is 0 Å². The van der Waals surface area contributed by atoms with Crippen molar-refractivity contribution in [1.29, 1.82) is 0 Å². The lowest BCUT2D eigenvalue weighted by Gasteiger charge is -2.30. The molecule has 0 radical (unpaired) electrons. The monoisotopic (exact) mass is 444 g/mol. The Morgan fingerprint density at radius 1 is 1.13 bits per heavy atom. The Bertz CT molecular complexity index is 930. The van der Waals surface area contributed by atoms with Crippen molar-refractivity contribution < 1.29 is 37.2 Å². The third kappa shape index (κ3) is 4.20. The molecular formula is C19H19F3N2O5S. The van der Waals surface area contributed by atoms with Crippen LogP contribution in [0.2, 0.25) is 0 Å². The van der Waals surface area contributed by atoms with Crippen LogP contribution in [0.1, 0.15) is 12.1 Å². The number of aliphatic hydroxyl groups is 1.